The highest BCUT2D eigenvalue weighted by atomic mass is 32.2. The van der Waals surface area contributed by atoms with Gasteiger partial charge in [0.05, 0.1) is 5.75 Å². The molecule has 1 amide bonds. The van der Waals surface area contributed by atoms with Crippen molar-refractivity contribution in [3.05, 3.63) is 65.7 Å². The first-order valence-corrected chi connectivity index (χ1v) is 10.4. The molecule has 3 aromatic rings. The van der Waals surface area contributed by atoms with Crippen molar-refractivity contribution in [3.63, 3.8) is 0 Å². The maximum atomic E-state index is 13.0. The van der Waals surface area contributed by atoms with Gasteiger partial charge in [-0.05, 0) is 55.3 Å². The molecule has 0 spiro atoms. The van der Waals surface area contributed by atoms with Crippen LogP contribution in [0.5, 0.6) is 5.75 Å². The first-order valence-electron chi connectivity index (χ1n) is 9.41. The summed E-state index contributed by atoms with van der Waals surface area (Å²) in [7, 11) is 0. The molecule has 0 fully saturated rings. The van der Waals surface area contributed by atoms with Gasteiger partial charge in [0, 0.05) is 12.2 Å². The van der Waals surface area contributed by atoms with Gasteiger partial charge in [0.1, 0.15) is 18.2 Å². The first kappa shape index (κ1) is 20.9. The Kier molecular flexibility index (Phi) is 7.24. The second-order valence-corrected chi connectivity index (χ2v) is 7.22. The van der Waals surface area contributed by atoms with E-state index in [1.54, 1.807) is 12.1 Å². The number of rotatable bonds is 9. The van der Waals surface area contributed by atoms with Crippen molar-refractivity contribution in [2.75, 3.05) is 11.1 Å². The third-order valence-electron chi connectivity index (χ3n) is 4.27. The van der Waals surface area contributed by atoms with E-state index in [2.05, 4.69) is 22.4 Å². The number of halogens is 1. The van der Waals surface area contributed by atoms with Crippen molar-refractivity contribution < 1.29 is 13.9 Å². The molecule has 1 heterocycles. The van der Waals surface area contributed by atoms with Gasteiger partial charge in [-0.15, -0.1) is 10.2 Å². The number of benzene rings is 2. The van der Waals surface area contributed by atoms with Gasteiger partial charge >= 0.3 is 0 Å². The highest BCUT2D eigenvalue weighted by Crippen LogP contribution is 2.19. The Labute approximate surface area is 173 Å². The van der Waals surface area contributed by atoms with E-state index in [9.17, 15) is 9.18 Å². The SMILES string of the molecule is CCc1ccc(NC(=O)CSc2nnc(COc3ccc(F)cc3)n2CC)cc1. The third kappa shape index (κ3) is 5.80. The van der Waals surface area contributed by atoms with Crippen molar-refractivity contribution in [2.45, 2.75) is 38.6 Å². The van der Waals surface area contributed by atoms with Crippen LogP contribution in [0.15, 0.2) is 53.7 Å². The molecule has 3 rings (SSSR count). The van der Waals surface area contributed by atoms with E-state index in [-0.39, 0.29) is 24.1 Å². The lowest BCUT2D eigenvalue weighted by atomic mass is 10.1. The van der Waals surface area contributed by atoms with Crippen LogP contribution in [0, 0.1) is 5.82 Å². The van der Waals surface area contributed by atoms with Gasteiger partial charge in [0.15, 0.2) is 11.0 Å². The highest BCUT2D eigenvalue weighted by molar-refractivity contribution is 7.99. The number of nitrogens with one attached hydrogen (secondary N) is 1. The number of anilines is 1. The number of nitrogens with zero attached hydrogens (tertiary/aromatic N) is 3. The van der Waals surface area contributed by atoms with Gasteiger partial charge in [-0.1, -0.05) is 30.8 Å². The second kappa shape index (κ2) is 10.1. The van der Waals surface area contributed by atoms with Gasteiger partial charge in [0.25, 0.3) is 0 Å². The summed E-state index contributed by atoms with van der Waals surface area (Å²) < 4.78 is 20.5. The number of ether oxygens (including phenoxy) is 1. The molecule has 0 aliphatic rings. The molecule has 2 aromatic carbocycles. The van der Waals surface area contributed by atoms with Crippen LogP contribution in [0.3, 0.4) is 0 Å². The van der Waals surface area contributed by atoms with E-state index in [1.807, 2.05) is 35.8 Å². The molecular formula is C21H23FN4O2S. The van der Waals surface area contributed by atoms with Gasteiger partial charge in [-0.3, -0.25) is 4.79 Å². The van der Waals surface area contributed by atoms with Crippen molar-refractivity contribution in [2.24, 2.45) is 0 Å². The van der Waals surface area contributed by atoms with Crippen molar-refractivity contribution >= 4 is 23.4 Å². The van der Waals surface area contributed by atoms with E-state index < -0.39 is 0 Å². The molecule has 6 nitrogen and oxygen atoms in total. The molecule has 29 heavy (non-hydrogen) atoms. The Morgan fingerprint density at radius 1 is 1.10 bits per heavy atom. The molecular weight excluding hydrogens is 391 g/mol. The lowest BCUT2D eigenvalue weighted by Crippen LogP contribution is -2.15. The minimum Gasteiger partial charge on any atom is -0.486 e. The fourth-order valence-corrected chi connectivity index (χ4v) is 3.50. The highest BCUT2D eigenvalue weighted by Gasteiger charge is 2.14. The number of hydrogen-bond donors (Lipinski definition) is 1. The fourth-order valence-electron chi connectivity index (χ4n) is 2.68. The Bertz CT molecular complexity index is 942. The van der Waals surface area contributed by atoms with Crippen molar-refractivity contribution in [1.82, 2.24) is 14.8 Å². The van der Waals surface area contributed by atoms with E-state index in [0.717, 1.165) is 12.1 Å². The molecule has 0 atom stereocenters. The van der Waals surface area contributed by atoms with Gasteiger partial charge in [0.2, 0.25) is 5.91 Å². The lowest BCUT2D eigenvalue weighted by molar-refractivity contribution is -0.113. The molecule has 0 unspecified atom stereocenters. The zero-order valence-electron chi connectivity index (χ0n) is 16.4. The smallest absolute Gasteiger partial charge is 0.234 e. The second-order valence-electron chi connectivity index (χ2n) is 6.27. The Morgan fingerprint density at radius 3 is 2.48 bits per heavy atom. The van der Waals surface area contributed by atoms with E-state index in [1.165, 1.54) is 29.5 Å². The summed E-state index contributed by atoms with van der Waals surface area (Å²) in [5.74, 6) is 1.02. The zero-order valence-corrected chi connectivity index (χ0v) is 17.2. The normalized spacial score (nSPS) is 10.7. The topological polar surface area (TPSA) is 69.0 Å². The van der Waals surface area contributed by atoms with Crippen LogP contribution in [-0.2, 0) is 24.4 Å². The molecule has 0 aliphatic carbocycles. The molecule has 8 heteroatoms. The number of aryl methyl sites for hydroxylation is 1. The minimum atomic E-state index is -0.313. The summed E-state index contributed by atoms with van der Waals surface area (Å²) in [5.41, 5.74) is 2.00. The van der Waals surface area contributed by atoms with Crippen LogP contribution in [-0.4, -0.2) is 26.4 Å². The van der Waals surface area contributed by atoms with E-state index >= 15 is 0 Å². The molecule has 0 bridgehead atoms. The maximum Gasteiger partial charge on any atom is 0.234 e. The van der Waals surface area contributed by atoms with Gasteiger partial charge in [-0.2, -0.15) is 0 Å². The molecule has 152 valence electrons. The third-order valence-corrected chi connectivity index (χ3v) is 5.24. The summed E-state index contributed by atoms with van der Waals surface area (Å²) in [5, 5.41) is 11.9. The number of amides is 1. The van der Waals surface area contributed by atoms with Crippen LogP contribution in [0.2, 0.25) is 0 Å². The average molecular weight is 415 g/mol. The van der Waals surface area contributed by atoms with Crippen LogP contribution < -0.4 is 10.1 Å². The standard InChI is InChI=1S/C21H23FN4O2S/c1-3-15-5-9-17(10-6-15)23-20(27)14-29-21-25-24-19(26(21)4-2)13-28-18-11-7-16(22)8-12-18/h5-12H,3-4,13-14H2,1-2H3,(H,23,27). The summed E-state index contributed by atoms with van der Waals surface area (Å²) in [4.78, 5) is 12.2. The number of aromatic nitrogens is 3. The average Bonchev–Trinajstić information content (AvgIpc) is 3.14. The minimum absolute atomic E-state index is 0.103. The van der Waals surface area contributed by atoms with Crippen LogP contribution in [0.1, 0.15) is 25.2 Å². The van der Waals surface area contributed by atoms with Gasteiger partial charge in [-0.25, -0.2) is 4.39 Å². The lowest BCUT2D eigenvalue weighted by Gasteiger charge is -2.09. The number of carbonyl (C=O) groups excluding carboxylic acids is 1. The Hall–Kier alpha value is -2.87. The van der Waals surface area contributed by atoms with E-state index in [0.29, 0.717) is 23.3 Å². The molecule has 1 N–H and O–H groups in total. The molecule has 1 aromatic heterocycles. The number of carbonyl (C=O) groups is 1. The number of hydrogen-bond acceptors (Lipinski definition) is 5. The quantitative estimate of drug-likeness (QED) is 0.529. The summed E-state index contributed by atoms with van der Waals surface area (Å²) in [6, 6.07) is 13.6. The fraction of sp³-hybridized carbons (Fsp3) is 0.286. The first-order chi connectivity index (χ1) is 14.1. The summed E-state index contributed by atoms with van der Waals surface area (Å²) in [6.45, 7) is 4.93. The summed E-state index contributed by atoms with van der Waals surface area (Å²) >= 11 is 1.32. The van der Waals surface area contributed by atoms with Gasteiger partial charge < -0.3 is 14.6 Å². The summed E-state index contributed by atoms with van der Waals surface area (Å²) in [6.07, 6.45) is 0.962. The maximum absolute atomic E-state index is 13.0. The van der Waals surface area contributed by atoms with Crippen LogP contribution in [0.25, 0.3) is 0 Å². The monoisotopic (exact) mass is 414 g/mol. The zero-order chi connectivity index (χ0) is 20.6. The van der Waals surface area contributed by atoms with Crippen molar-refractivity contribution in [1.29, 1.82) is 0 Å². The Balaban J connectivity index is 1.54. The molecule has 0 saturated carbocycles. The molecule has 0 saturated heterocycles. The molecule has 0 radical (unpaired) electrons. The van der Waals surface area contributed by atoms with E-state index in [4.69, 9.17) is 4.74 Å². The predicted molar refractivity (Wildman–Crippen MR) is 112 cm³/mol. The van der Waals surface area contributed by atoms with Crippen LogP contribution >= 0.6 is 11.8 Å². The largest absolute Gasteiger partial charge is 0.486 e. The molecule has 0 aliphatic heterocycles. The van der Waals surface area contributed by atoms with Crippen LogP contribution in [0.4, 0.5) is 10.1 Å². The predicted octanol–water partition coefficient (Wildman–Crippen LogP) is 4.31. The number of thioether (sulfide) groups is 1. The van der Waals surface area contributed by atoms with Crippen molar-refractivity contribution in [3.8, 4) is 5.75 Å². The Morgan fingerprint density at radius 2 is 1.83 bits per heavy atom.